The molecule has 1 aliphatic carbocycles. The van der Waals surface area contributed by atoms with Crippen molar-refractivity contribution in [2.45, 2.75) is 45.6 Å². The Balaban J connectivity index is 2.02. The number of carbonyl (C=O) groups is 1. The van der Waals surface area contributed by atoms with Gasteiger partial charge >= 0.3 is 6.03 Å². The van der Waals surface area contributed by atoms with E-state index in [4.69, 9.17) is 0 Å². The smallest absolute Gasteiger partial charge is 0.319 e. The maximum Gasteiger partial charge on any atom is 0.319 e. The third-order valence-corrected chi connectivity index (χ3v) is 4.11. The highest BCUT2D eigenvalue weighted by atomic mass is 16.6. The molecule has 2 N–H and O–H groups in total. The van der Waals surface area contributed by atoms with Crippen molar-refractivity contribution in [1.29, 1.82) is 0 Å². The molecule has 0 aliphatic heterocycles. The summed E-state index contributed by atoms with van der Waals surface area (Å²) in [6.45, 7) is 3.95. The number of carbonyl (C=O) groups excluding carboxylic acids is 1. The first kappa shape index (κ1) is 15.3. The van der Waals surface area contributed by atoms with Crippen LogP contribution < -0.4 is 10.6 Å². The molecular formula is C15H21N3O3. The zero-order valence-electron chi connectivity index (χ0n) is 12.4. The maximum absolute atomic E-state index is 12.1. The van der Waals surface area contributed by atoms with Crippen molar-refractivity contribution in [3.05, 3.63) is 33.9 Å². The van der Waals surface area contributed by atoms with Gasteiger partial charge in [0.25, 0.3) is 5.69 Å². The van der Waals surface area contributed by atoms with Crippen LogP contribution in [0.3, 0.4) is 0 Å². The Morgan fingerprint density at radius 3 is 2.71 bits per heavy atom. The van der Waals surface area contributed by atoms with E-state index >= 15 is 0 Å². The van der Waals surface area contributed by atoms with E-state index in [1.807, 2.05) is 6.92 Å². The van der Waals surface area contributed by atoms with Gasteiger partial charge in [-0.15, -0.1) is 0 Å². The van der Waals surface area contributed by atoms with Gasteiger partial charge in [0.15, 0.2) is 0 Å². The van der Waals surface area contributed by atoms with Gasteiger partial charge in [-0.05, 0) is 31.2 Å². The van der Waals surface area contributed by atoms with Crippen LogP contribution in [-0.2, 0) is 0 Å². The molecule has 0 radical (unpaired) electrons. The highest BCUT2D eigenvalue weighted by molar-refractivity contribution is 5.90. The van der Waals surface area contributed by atoms with Crippen LogP contribution in [0.15, 0.2) is 18.2 Å². The van der Waals surface area contributed by atoms with E-state index in [9.17, 15) is 14.9 Å². The van der Waals surface area contributed by atoms with Crippen molar-refractivity contribution in [3.63, 3.8) is 0 Å². The Kier molecular flexibility index (Phi) is 4.77. The van der Waals surface area contributed by atoms with Crippen LogP contribution in [0.5, 0.6) is 0 Å². The Bertz CT molecular complexity index is 545. The molecule has 1 saturated carbocycles. The van der Waals surface area contributed by atoms with Gasteiger partial charge in [0.2, 0.25) is 0 Å². The number of hydrogen-bond donors (Lipinski definition) is 2. The molecule has 6 heteroatoms. The van der Waals surface area contributed by atoms with Gasteiger partial charge in [-0.1, -0.05) is 25.8 Å². The van der Waals surface area contributed by atoms with Crippen LogP contribution in [0.4, 0.5) is 16.2 Å². The van der Waals surface area contributed by atoms with Crippen LogP contribution in [0.1, 0.15) is 38.2 Å². The molecule has 2 amide bonds. The minimum atomic E-state index is -0.467. The Hall–Kier alpha value is -2.11. The van der Waals surface area contributed by atoms with Gasteiger partial charge in [-0.2, -0.15) is 0 Å². The Labute approximate surface area is 124 Å². The van der Waals surface area contributed by atoms with E-state index < -0.39 is 4.92 Å². The molecule has 6 nitrogen and oxygen atoms in total. The molecule has 1 aliphatic rings. The van der Waals surface area contributed by atoms with Gasteiger partial charge in [0, 0.05) is 18.2 Å². The minimum absolute atomic E-state index is 0.0260. The first-order valence-corrected chi connectivity index (χ1v) is 7.30. The summed E-state index contributed by atoms with van der Waals surface area (Å²) in [6, 6.07) is 4.34. The van der Waals surface area contributed by atoms with Gasteiger partial charge in [0.1, 0.15) is 0 Å². The predicted molar refractivity (Wildman–Crippen MR) is 81.4 cm³/mol. The van der Waals surface area contributed by atoms with Gasteiger partial charge in [-0.25, -0.2) is 4.79 Å². The molecule has 0 aromatic heterocycles. The molecule has 0 heterocycles. The van der Waals surface area contributed by atoms with Crippen LogP contribution in [-0.4, -0.2) is 17.0 Å². The fourth-order valence-electron chi connectivity index (χ4n) is 2.72. The zero-order valence-corrected chi connectivity index (χ0v) is 12.4. The lowest BCUT2D eigenvalue weighted by molar-refractivity contribution is -0.384. The minimum Gasteiger partial charge on any atom is -0.335 e. The van der Waals surface area contributed by atoms with E-state index in [0.29, 0.717) is 11.6 Å². The fourth-order valence-corrected chi connectivity index (χ4v) is 2.72. The van der Waals surface area contributed by atoms with Crippen molar-refractivity contribution in [1.82, 2.24) is 5.32 Å². The third-order valence-electron chi connectivity index (χ3n) is 4.11. The second-order valence-electron chi connectivity index (χ2n) is 5.72. The molecule has 0 spiro atoms. The monoisotopic (exact) mass is 291 g/mol. The lowest BCUT2D eigenvalue weighted by Gasteiger charge is -2.29. The van der Waals surface area contributed by atoms with Crippen molar-refractivity contribution in [3.8, 4) is 0 Å². The summed E-state index contributed by atoms with van der Waals surface area (Å²) in [5.41, 5.74) is 1.25. The van der Waals surface area contributed by atoms with E-state index in [1.165, 1.54) is 18.6 Å². The van der Waals surface area contributed by atoms with Crippen molar-refractivity contribution in [2.24, 2.45) is 5.92 Å². The molecule has 21 heavy (non-hydrogen) atoms. The van der Waals surface area contributed by atoms with Gasteiger partial charge in [0.05, 0.1) is 10.6 Å². The van der Waals surface area contributed by atoms with Crippen LogP contribution in [0, 0.1) is 23.0 Å². The topological polar surface area (TPSA) is 84.3 Å². The average molecular weight is 291 g/mol. The second kappa shape index (κ2) is 6.56. The summed E-state index contributed by atoms with van der Waals surface area (Å²) >= 11 is 0. The van der Waals surface area contributed by atoms with Crippen LogP contribution in [0.2, 0.25) is 0 Å². The number of nitrogens with one attached hydrogen (secondary N) is 2. The molecule has 2 rings (SSSR count). The van der Waals surface area contributed by atoms with Gasteiger partial charge in [-0.3, -0.25) is 10.1 Å². The molecule has 0 bridgehead atoms. The summed E-state index contributed by atoms with van der Waals surface area (Å²) in [5, 5.41) is 16.5. The first-order chi connectivity index (χ1) is 9.97. The predicted octanol–water partition coefficient (Wildman–Crippen LogP) is 3.60. The van der Waals surface area contributed by atoms with E-state index in [2.05, 4.69) is 17.6 Å². The number of anilines is 1. The lowest BCUT2D eigenvalue weighted by Crippen LogP contribution is -2.43. The number of rotatable bonds is 3. The van der Waals surface area contributed by atoms with Gasteiger partial charge < -0.3 is 10.6 Å². The number of benzene rings is 1. The summed E-state index contributed by atoms with van der Waals surface area (Å²) < 4.78 is 0. The number of non-ortho nitro benzene ring substituents is 1. The number of nitro benzene ring substituents is 1. The highest BCUT2D eigenvalue weighted by Gasteiger charge is 2.23. The fraction of sp³-hybridized carbons (Fsp3) is 0.533. The number of hydrogen-bond acceptors (Lipinski definition) is 3. The molecule has 2 atom stereocenters. The molecule has 0 saturated heterocycles. The summed E-state index contributed by atoms with van der Waals surface area (Å²) in [7, 11) is 0. The molecular weight excluding hydrogens is 270 g/mol. The van der Waals surface area contributed by atoms with Crippen molar-refractivity contribution < 1.29 is 9.72 Å². The normalized spacial score (nSPS) is 21.6. The van der Waals surface area contributed by atoms with Crippen molar-refractivity contribution >= 4 is 17.4 Å². The number of amides is 2. The summed E-state index contributed by atoms with van der Waals surface area (Å²) in [4.78, 5) is 22.4. The molecule has 114 valence electrons. The molecule has 1 aromatic carbocycles. The Morgan fingerprint density at radius 2 is 2.05 bits per heavy atom. The molecule has 1 aromatic rings. The van der Waals surface area contributed by atoms with Crippen LogP contribution in [0.25, 0.3) is 0 Å². The number of nitro groups is 1. The third kappa shape index (κ3) is 3.93. The zero-order chi connectivity index (χ0) is 15.4. The number of urea groups is 1. The summed E-state index contributed by atoms with van der Waals surface area (Å²) in [5.74, 6) is 0.468. The number of aryl methyl sites for hydroxylation is 1. The summed E-state index contributed by atoms with van der Waals surface area (Å²) in [6.07, 6.45) is 4.46. The standard InChI is InChI=1S/C15H21N3O3/c1-10-5-3-4-6-13(10)16-15(19)17-14-9-12(18(20)21)8-7-11(14)2/h7-10,13H,3-6H2,1-2H3,(H2,16,17,19)/t10-,13+/m0/s1. The quantitative estimate of drug-likeness (QED) is 0.659. The second-order valence-corrected chi connectivity index (χ2v) is 5.72. The van der Waals surface area contributed by atoms with Crippen LogP contribution >= 0.6 is 0 Å². The Morgan fingerprint density at radius 1 is 1.33 bits per heavy atom. The number of nitrogens with zero attached hydrogens (tertiary/aromatic N) is 1. The molecule has 1 fully saturated rings. The maximum atomic E-state index is 12.1. The van der Waals surface area contributed by atoms with E-state index in [-0.39, 0.29) is 17.8 Å². The van der Waals surface area contributed by atoms with E-state index in [1.54, 1.807) is 6.07 Å². The van der Waals surface area contributed by atoms with Crippen molar-refractivity contribution in [2.75, 3.05) is 5.32 Å². The largest absolute Gasteiger partial charge is 0.335 e. The highest BCUT2D eigenvalue weighted by Crippen LogP contribution is 2.25. The average Bonchev–Trinajstić information content (AvgIpc) is 2.43. The molecule has 0 unspecified atom stereocenters. The first-order valence-electron chi connectivity index (χ1n) is 7.30. The van der Waals surface area contributed by atoms with E-state index in [0.717, 1.165) is 24.8 Å². The SMILES string of the molecule is Cc1ccc([N+](=O)[O-])cc1NC(=O)N[C@@H]1CCCC[C@@H]1C. The lowest BCUT2D eigenvalue weighted by atomic mass is 9.86.